The number of carboxylic acid groups (broad SMARTS) is 1. The van der Waals surface area contributed by atoms with Crippen LogP contribution in [0.4, 0.5) is 0 Å². The number of rotatable bonds is 5. The molecule has 0 amide bonds. The molecule has 0 saturated carbocycles. The van der Waals surface area contributed by atoms with Gasteiger partial charge < -0.3 is 10.4 Å². The van der Waals surface area contributed by atoms with Crippen LogP contribution < -0.4 is 5.32 Å². The van der Waals surface area contributed by atoms with Gasteiger partial charge in [0.05, 0.1) is 23.1 Å². The number of hydrogen-bond acceptors (Lipinski definition) is 3. The predicted octanol–water partition coefficient (Wildman–Crippen LogP) is 5.28. The lowest BCUT2D eigenvalue weighted by atomic mass is 9.77. The molecule has 0 radical (unpaired) electrons. The minimum Gasteiger partial charge on any atom is -0.478 e. The fraction of sp³-hybridized carbons (Fsp3) is 0.478. The molecule has 1 aliphatic heterocycles. The molecular formula is C23H30N2O2. The maximum Gasteiger partial charge on any atom is 0.334 e. The van der Waals surface area contributed by atoms with Gasteiger partial charge in [-0.15, -0.1) is 0 Å². The molecule has 0 aliphatic carbocycles. The van der Waals surface area contributed by atoms with Gasteiger partial charge in [-0.25, -0.2) is 4.79 Å². The van der Waals surface area contributed by atoms with E-state index in [1.807, 2.05) is 31.2 Å². The van der Waals surface area contributed by atoms with Gasteiger partial charge in [-0.05, 0) is 36.7 Å². The number of dihydropyridines is 1. The Balaban J connectivity index is 2.71. The first-order valence-corrected chi connectivity index (χ1v) is 9.46. The number of allylic oxidation sites excluding steroid dienone is 3. The molecule has 0 aromatic heterocycles. The number of aliphatic carboxylic acids is 1. The van der Waals surface area contributed by atoms with Crippen LogP contribution in [0.2, 0.25) is 0 Å². The quantitative estimate of drug-likeness (QED) is 0.743. The molecule has 1 aromatic rings. The zero-order chi connectivity index (χ0) is 20.4. The SMILES string of the molecule is Cc1ccc(C2C(C#N)=C(CC(C)(C)C)NC(CC(C)C)=C2C(=O)O)cc1. The second-order valence-electron chi connectivity index (χ2n) is 9.01. The van der Waals surface area contributed by atoms with E-state index in [2.05, 4.69) is 46.0 Å². The van der Waals surface area contributed by atoms with Gasteiger partial charge in [0.15, 0.2) is 0 Å². The smallest absolute Gasteiger partial charge is 0.334 e. The van der Waals surface area contributed by atoms with Crippen molar-refractivity contribution in [3.05, 3.63) is 57.9 Å². The molecule has 0 saturated heterocycles. The summed E-state index contributed by atoms with van der Waals surface area (Å²) in [4.78, 5) is 12.2. The van der Waals surface area contributed by atoms with Crippen molar-refractivity contribution < 1.29 is 9.90 Å². The Hall–Kier alpha value is -2.54. The molecule has 1 unspecified atom stereocenters. The first-order valence-electron chi connectivity index (χ1n) is 9.46. The lowest BCUT2D eigenvalue weighted by Crippen LogP contribution is -2.32. The van der Waals surface area contributed by atoms with Crippen LogP contribution in [0, 0.1) is 29.6 Å². The van der Waals surface area contributed by atoms with Crippen molar-refractivity contribution in [3.63, 3.8) is 0 Å². The summed E-state index contributed by atoms with van der Waals surface area (Å²) in [6.07, 6.45) is 1.32. The minimum absolute atomic E-state index is 0.0219. The molecule has 1 heterocycles. The summed E-state index contributed by atoms with van der Waals surface area (Å²) in [6.45, 7) is 12.5. The van der Waals surface area contributed by atoms with E-state index in [1.54, 1.807) is 0 Å². The molecule has 1 aliphatic rings. The van der Waals surface area contributed by atoms with E-state index in [9.17, 15) is 15.2 Å². The highest BCUT2D eigenvalue weighted by Crippen LogP contribution is 2.41. The Labute approximate surface area is 162 Å². The highest BCUT2D eigenvalue weighted by molar-refractivity contribution is 5.91. The number of carboxylic acids is 1. The van der Waals surface area contributed by atoms with Crippen LogP contribution in [0.25, 0.3) is 0 Å². The first kappa shape index (κ1) is 20.8. The predicted molar refractivity (Wildman–Crippen MR) is 108 cm³/mol. The van der Waals surface area contributed by atoms with Crippen LogP contribution in [-0.2, 0) is 4.79 Å². The number of aryl methyl sites for hydroxylation is 1. The molecule has 27 heavy (non-hydrogen) atoms. The van der Waals surface area contributed by atoms with Crippen LogP contribution >= 0.6 is 0 Å². The normalized spacial score (nSPS) is 17.8. The molecule has 2 N–H and O–H groups in total. The highest BCUT2D eigenvalue weighted by atomic mass is 16.4. The topological polar surface area (TPSA) is 73.1 Å². The lowest BCUT2D eigenvalue weighted by molar-refractivity contribution is -0.133. The Morgan fingerprint density at radius 2 is 1.81 bits per heavy atom. The number of nitrogens with zero attached hydrogens (tertiary/aromatic N) is 1. The fourth-order valence-corrected chi connectivity index (χ4v) is 3.53. The van der Waals surface area contributed by atoms with Crippen molar-refractivity contribution in [1.82, 2.24) is 5.32 Å². The number of hydrogen-bond donors (Lipinski definition) is 2. The second kappa shape index (κ2) is 8.00. The van der Waals surface area contributed by atoms with Crippen molar-refractivity contribution >= 4 is 5.97 Å². The van der Waals surface area contributed by atoms with E-state index in [4.69, 9.17) is 0 Å². The second-order valence-corrected chi connectivity index (χ2v) is 9.01. The Morgan fingerprint density at radius 1 is 1.22 bits per heavy atom. The van der Waals surface area contributed by atoms with Gasteiger partial charge in [0, 0.05) is 11.4 Å². The van der Waals surface area contributed by atoms with Gasteiger partial charge in [-0.2, -0.15) is 5.26 Å². The third-order valence-corrected chi connectivity index (χ3v) is 4.61. The molecule has 2 rings (SSSR count). The molecule has 0 bridgehead atoms. The third kappa shape index (κ3) is 5.01. The number of benzene rings is 1. The number of nitriles is 1. The zero-order valence-corrected chi connectivity index (χ0v) is 17.2. The van der Waals surface area contributed by atoms with Crippen molar-refractivity contribution in [1.29, 1.82) is 5.26 Å². The molecular weight excluding hydrogens is 336 g/mol. The van der Waals surface area contributed by atoms with E-state index in [0.717, 1.165) is 22.5 Å². The van der Waals surface area contributed by atoms with Gasteiger partial charge >= 0.3 is 5.97 Å². The minimum atomic E-state index is -0.966. The highest BCUT2D eigenvalue weighted by Gasteiger charge is 2.36. The van der Waals surface area contributed by atoms with E-state index >= 15 is 0 Å². The number of nitrogens with one attached hydrogen (secondary N) is 1. The molecule has 1 aromatic carbocycles. The zero-order valence-electron chi connectivity index (χ0n) is 17.2. The Morgan fingerprint density at radius 3 is 2.26 bits per heavy atom. The largest absolute Gasteiger partial charge is 0.478 e. The van der Waals surface area contributed by atoms with Gasteiger partial charge in [-0.1, -0.05) is 64.4 Å². The molecule has 4 heteroatoms. The van der Waals surface area contributed by atoms with E-state index in [0.29, 0.717) is 29.9 Å². The van der Waals surface area contributed by atoms with Gasteiger partial charge in [0.1, 0.15) is 0 Å². The van der Waals surface area contributed by atoms with Crippen molar-refractivity contribution in [2.24, 2.45) is 11.3 Å². The number of carbonyl (C=O) groups is 1. The molecule has 144 valence electrons. The van der Waals surface area contributed by atoms with Crippen LogP contribution in [0.1, 0.15) is 64.5 Å². The van der Waals surface area contributed by atoms with E-state index < -0.39 is 11.9 Å². The molecule has 4 nitrogen and oxygen atoms in total. The summed E-state index contributed by atoms with van der Waals surface area (Å²) in [5.74, 6) is -1.20. The Bertz CT molecular complexity index is 815. The van der Waals surface area contributed by atoms with Gasteiger partial charge in [0.2, 0.25) is 0 Å². The van der Waals surface area contributed by atoms with Crippen molar-refractivity contribution in [2.45, 2.75) is 60.3 Å². The summed E-state index contributed by atoms with van der Waals surface area (Å²) in [7, 11) is 0. The fourth-order valence-electron chi connectivity index (χ4n) is 3.53. The van der Waals surface area contributed by atoms with Crippen LogP contribution in [0.5, 0.6) is 0 Å². The average molecular weight is 367 g/mol. The van der Waals surface area contributed by atoms with Crippen molar-refractivity contribution in [2.75, 3.05) is 0 Å². The van der Waals surface area contributed by atoms with E-state index in [-0.39, 0.29) is 5.41 Å². The van der Waals surface area contributed by atoms with Gasteiger partial charge in [-0.3, -0.25) is 0 Å². The Kier molecular flexibility index (Phi) is 6.15. The molecule has 1 atom stereocenters. The summed E-state index contributed by atoms with van der Waals surface area (Å²) >= 11 is 0. The van der Waals surface area contributed by atoms with Gasteiger partial charge in [0.25, 0.3) is 0 Å². The lowest BCUT2D eigenvalue weighted by Gasteiger charge is -2.33. The summed E-state index contributed by atoms with van der Waals surface area (Å²) in [5.41, 5.74) is 4.31. The van der Waals surface area contributed by atoms with Crippen LogP contribution in [0.3, 0.4) is 0 Å². The van der Waals surface area contributed by atoms with Crippen LogP contribution in [0.15, 0.2) is 46.8 Å². The summed E-state index contributed by atoms with van der Waals surface area (Å²) in [6, 6.07) is 10.1. The third-order valence-electron chi connectivity index (χ3n) is 4.61. The molecule has 0 fully saturated rings. The standard InChI is InChI=1S/C23H30N2O2/c1-14(2)11-18-21(22(26)27)20(16-9-7-15(3)8-10-16)17(13-24)19(25-18)12-23(4,5)6/h7-10,14,20,25H,11-12H2,1-6H3,(H,26,27). The van der Waals surface area contributed by atoms with E-state index in [1.165, 1.54) is 0 Å². The summed E-state index contributed by atoms with van der Waals surface area (Å²) < 4.78 is 0. The molecule has 0 spiro atoms. The average Bonchev–Trinajstić information content (AvgIpc) is 2.52. The first-order chi connectivity index (χ1) is 12.5. The van der Waals surface area contributed by atoms with Crippen molar-refractivity contribution in [3.8, 4) is 6.07 Å². The maximum atomic E-state index is 12.2. The van der Waals surface area contributed by atoms with Crippen LogP contribution in [-0.4, -0.2) is 11.1 Å². The summed E-state index contributed by atoms with van der Waals surface area (Å²) in [5, 5.41) is 23.3. The monoisotopic (exact) mass is 366 g/mol. The maximum absolute atomic E-state index is 12.2.